The molecule has 1 aromatic rings. The lowest BCUT2D eigenvalue weighted by molar-refractivity contribution is 0.112. The van der Waals surface area contributed by atoms with Crippen LogP contribution >= 0.6 is 24.0 Å². The average molecular weight is 261 g/mol. The van der Waals surface area contributed by atoms with Gasteiger partial charge in [-0.3, -0.25) is 4.79 Å². The zero-order valence-electron chi connectivity index (χ0n) is 8.78. The number of hydrogen-bond acceptors (Lipinski definition) is 3. The van der Waals surface area contributed by atoms with E-state index in [0.29, 0.717) is 10.6 Å². The Kier molecular flexibility index (Phi) is 5.06. The Hall–Kier alpha value is -0.770. The van der Waals surface area contributed by atoms with Crippen molar-refractivity contribution in [2.75, 3.05) is 31.1 Å². The topological polar surface area (TPSA) is 32.3 Å². The van der Waals surface area contributed by atoms with Crippen LogP contribution in [0.4, 0.5) is 5.69 Å². The smallest absolute Gasteiger partial charge is 0.151 e. The van der Waals surface area contributed by atoms with Crippen LogP contribution in [0.2, 0.25) is 5.02 Å². The summed E-state index contributed by atoms with van der Waals surface area (Å²) in [5.41, 5.74) is 1.64. The molecule has 0 amide bonds. The molecule has 0 spiro atoms. The normalized spacial score (nSPS) is 15.4. The number of rotatable bonds is 2. The molecule has 0 aliphatic carbocycles. The first-order valence-electron chi connectivity index (χ1n) is 5.01. The Morgan fingerprint density at radius 1 is 1.31 bits per heavy atom. The van der Waals surface area contributed by atoms with Gasteiger partial charge in [0, 0.05) is 37.4 Å². The highest BCUT2D eigenvalue weighted by atomic mass is 35.5. The van der Waals surface area contributed by atoms with Crippen molar-refractivity contribution >= 4 is 36.0 Å². The molecule has 3 nitrogen and oxygen atoms in total. The van der Waals surface area contributed by atoms with Crippen molar-refractivity contribution in [3.05, 3.63) is 28.8 Å². The number of anilines is 1. The van der Waals surface area contributed by atoms with Gasteiger partial charge in [-0.15, -0.1) is 12.4 Å². The molecule has 5 heteroatoms. The number of carbonyl (C=O) groups excluding carboxylic acids is 1. The van der Waals surface area contributed by atoms with Crippen LogP contribution in [0.15, 0.2) is 18.2 Å². The van der Waals surface area contributed by atoms with Gasteiger partial charge in [0.1, 0.15) is 0 Å². The van der Waals surface area contributed by atoms with E-state index in [1.807, 2.05) is 12.1 Å². The molecular weight excluding hydrogens is 247 g/mol. The van der Waals surface area contributed by atoms with Gasteiger partial charge >= 0.3 is 0 Å². The summed E-state index contributed by atoms with van der Waals surface area (Å²) in [7, 11) is 0. The third-order valence-electron chi connectivity index (χ3n) is 2.59. The molecule has 0 aromatic heterocycles. The second kappa shape index (κ2) is 6.09. The molecule has 1 aromatic carbocycles. The van der Waals surface area contributed by atoms with Crippen molar-refractivity contribution < 1.29 is 4.79 Å². The molecule has 1 N–H and O–H groups in total. The summed E-state index contributed by atoms with van der Waals surface area (Å²) in [6.07, 6.45) is 0.782. The number of aldehydes is 1. The molecule has 16 heavy (non-hydrogen) atoms. The van der Waals surface area contributed by atoms with Crippen molar-refractivity contribution in [2.24, 2.45) is 0 Å². The molecule has 1 aliphatic rings. The zero-order chi connectivity index (χ0) is 10.7. The number of nitrogens with one attached hydrogen (secondary N) is 1. The van der Waals surface area contributed by atoms with Gasteiger partial charge < -0.3 is 10.2 Å². The van der Waals surface area contributed by atoms with E-state index in [4.69, 9.17) is 11.6 Å². The maximum Gasteiger partial charge on any atom is 0.151 e. The minimum atomic E-state index is 0. The van der Waals surface area contributed by atoms with Crippen LogP contribution in [-0.2, 0) is 0 Å². The highest BCUT2D eigenvalue weighted by Crippen LogP contribution is 2.22. The summed E-state index contributed by atoms with van der Waals surface area (Å²) in [6, 6.07) is 5.57. The minimum Gasteiger partial charge on any atom is -0.369 e. The molecule has 1 aliphatic heterocycles. The third kappa shape index (κ3) is 2.88. The van der Waals surface area contributed by atoms with E-state index in [9.17, 15) is 4.79 Å². The molecule has 0 unspecified atom stereocenters. The van der Waals surface area contributed by atoms with Crippen LogP contribution in [0.1, 0.15) is 10.4 Å². The molecule has 2 rings (SSSR count). The lowest BCUT2D eigenvalue weighted by Crippen LogP contribution is -2.43. The largest absolute Gasteiger partial charge is 0.369 e. The lowest BCUT2D eigenvalue weighted by Gasteiger charge is -2.29. The monoisotopic (exact) mass is 260 g/mol. The molecule has 1 saturated heterocycles. The van der Waals surface area contributed by atoms with E-state index in [1.54, 1.807) is 6.07 Å². The second-order valence-electron chi connectivity index (χ2n) is 3.56. The van der Waals surface area contributed by atoms with E-state index >= 15 is 0 Å². The number of hydrogen-bond donors (Lipinski definition) is 1. The van der Waals surface area contributed by atoms with E-state index < -0.39 is 0 Å². The summed E-state index contributed by atoms with van der Waals surface area (Å²) in [5.74, 6) is 0. The van der Waals surface area contributed by atoms with E-state index in [1.165, 1.54) is 0 Å². The van der Waals surface area contributed by atoms with E-state index in [2.05, 4.69) is 10.2 Å². The fourth-order valence-electron chi connectivity index (χ4n) is 1.73. The first-order valence-corrected chi connectivity index (χ1v) is 5.39. The number of halogens is 2. The first kappa shape index (κ1) is 13.3. The van der Waals surface area contributed by atoms with Gasteiger partial charge in [-0.1, -0.05) is 11.6 Å². The Labute approximate surface area is 106 Å². The molecule has 0 radical (unpaired) electrons. The van der Waals surface area contributed by atoms with Crippen molar-refractivity contribution in [1.29, 1.82) is 0 Å². The average Bonchev–Trinajstić information content (AvgIpc) is 2.30. The van der Waals surface area contributed by atoms with Gasteiger partial charge in [0.2, 0.25) is 0 Å². The summed E-state index contributed by atoms with van der Waals surface area (Å²) < 4.78 is 0. The number of piperazine rings is 1. The van der Waals surface area contributed by atoms with Crippen LogP contribution in [0.3, 0.4) is 0 Å². The molecule has 1 fully saturated rings. The van der Waals surface area contributed by atoms with Gasteiger partial charge in [-0.25, -0.2) is 0 Å². The SMILES string of the molecule is Cl.O=Cc1ccc(N2CCNCC2)cc1Cl. The summed E-state index contributed by atoms with van der Waals surface area (Å²) >= 11 is 5.98. The number of nitrogens with zero attached hydrogens (tertiary/aromatic N) is 1. The Morgan fingerprint density at radius 3 is 2.56 bits per heavy atom. The standard InChI is InChI=1S/C11H13ClN2O.ClH/c12-11-7-10(2-1-9(11)8-15)14-5-3-13-4-6-14;/h1-2,7-8,13H,3-6H2;1H. The molecule has 88 valence electrons. The van der Waals surface area contributed by atoms with Crippen molar-refractivity contribution in [2.45, 2.75) is 0 Å². The lowest BCUT2D eigenvalue weighted by atomic mass is 10.2. The zero-order valence-corrected chi connectivity index (χ0v) is 10.4. The molecule has 1 heterocycles. The van der Waals surface area contributed by atoms with Gasteiger partial charge in [0.15, 0.2) is 6.29 Å². The molecule has 0 saturated carbocycles. The quantitative estimate of drug-likeness (QED) is 0.826. The first-order chi connectivity index (χ1) is 7.31. The maximum atomic E-state index is 10.6. The predicted octanol–water partition coefficient (Wildman–Crippen LogP) is 1.98. The fraction of sp³-hybridized carbons (Fsp3) is 0.364. The van der Waals surface area contributed by atoms with Crippen LogP contribution < -0.4 is 10.2 Å². The fourth-order valence-corrected chi connectivity index (χ4v) is 1.95. The van der Waals surface area contributed by atoms with Crippen LogP contribution in [-0.4, -0.2) is 32.5 Å². The Balaban J connectivity index is 0.00000128. The Bertz CT molecular complexity index is 365. The molecular formula is C11H14Cl2N2O. The van der Waals surface area contributed by atoms with Crippen molar-refractivity contribution in [3.63, 3.8) is 0 Å². The van der Waals surface area contributed by atoms with Crippen molar-refractivity contribution in [3.8, 4) is 0 Å². The van der Waals surface area contributed by atoms with Gasteiger partial charge in [0.25, 0.3) is 0 Å². The van der Waals surface area contributed by atoms with Crippen LogP contribution in [0.5, 0.6) is 0 Å². The van der Waals surface area contributed by atoms with Gasteiger partial charge in [-0.05, 0) is 18.2 Å². The summed E-state index contributed by atoms with van der Waals surface area (Å²) in [6.45, 7) is 3.95. The third-order valence-corrected chi connectivity index (χ3v) is 2.92. The van der Waals surface area contributed by atoms with E-state index in [0.717, 1.165) is 38.2 Å². The highest BCUT2D eigenvalue weighted by molar-refractivity contribution is 6.33. The molecule has 0 bridgehead atoms. The van der Waals surface area contributed by atoms with Crippen LogP contribution in [0, 0.1) is 0 Å². The van der Waals surface area contributed by atoms with E-state index in [-0.39, 0.29) is 12.4 Å². The number of carbonyl (C=O) groups is 1. The second-order valence-corrected chi connectivity index (χ2v) is 3.97. The maximum absolute atomic E-state index is 10.6. The number of benzene rings is 1. The van der Waals surface area contributed by atoms with Crippen LogP contribution in [0.25, 0.3) is 0 Å². The van der Waals surface area contributed by atoms with Gasteiger partial charge in [-0.2, -0.15) is 0 Å². The summed E-state index contributed by atoms with van der Waals surface area (Å²) in [5, 5.41) is 3.82. The van der Waals surface area contributed by atoms with Crippen molar-refractivity contribution in [1.82, 2.24) is 5.32 Å². The minimum absolute atomic E-state index is 0. The van der Waals surface area contributed by atoms with Gasteiger partial charge in [0.05, 0.1) is 5.02 Å². The predicted molar refractivity (Wildman–Crippen MR) is 69.2 cm³/mol. The Morgan fingerprint density at radius 2 is 2.00 bits per heavy atom. The highest BCUT2D eigenvalue weighted by Gasteiger charge is 2.11. The summed E-state index contributed by atoms with van der Waals surface area (Å²) in [4.78, 5) is 12.9. The molecule has 0 atom stereocenters.